The van der Waals surface area contributed by atoms with Gasteiger partial charge in [0.05, 0.1) is 18.8 Å². The van der Waals surface area contributed by atoms with Gasteiger partial charge in [-0.2, -0.15) is 0 Å². The number of hydrogen-bond acceptors (Lipinski definition) is 4. The first-order chi connectivity index (χ1) is 7.17. The summed E-state index contributed by atoms with van der Waals surface area (Å²) in [7, 11) is 0. The molecule has 0 aliphatic carbocycles. The number of nitrogens with one attached hydrogen (secondary N) is 1. The molecule has 0 saturated heterocycles. The fraction of sp³-hybridized carbons (Fsp3) is 0.909. The van der Waals surface area contributed by atoms with Gasteiger partial charge in [0.15, 0.2) is 0 Å². The maximum absolute atomic E-state index is 11.4. The fourth-order valence-electron chi connectivity index (χ4n) is 1.16. The molecule has 0 aliphatic rings. The summed E-state index contributed by atoms with van der Waals surface area (Å²) >= 11 is 0. The Labute approximate surface area is 96.8 Å². The van der Waals surface area contributed by atoms with E-state index >= 15 is 0 Å². The number of aliphatic hydroxyl groups is 2. The third-order valence-corrected chi connectivity index (χ3v) is 1.99. The summed E-state index contributed by atoms with van der Waals surface area (Å²) in [6.45, 7) is 8.55. The number of ether oxygens (including phenoxy) is 1. The summed E-state index contributed by atoms with van der Waals surface area (Å²) in [6, 6.07) is -0.699. The lowest BCUT2D eigenvalue weighted by molar-refractivity contribution is 0.0253. The molecule has 0 radical (unpaired) electrons. The molecule has 0 aromatic rings. The van der Waals surface area contributed by atoms with Gasteiger partial charge in [-0.25, -0.2) is 4.79 Å². The van der Waals surface area contributed by atoms with Gasteiger partial charge in [0, 0.05) is 0 Å². The van der Waals surface area contributed by atoms with Crippen LogP contribution in [0.2, 0.25) is 0 Å². The van der Waals surface area contributed by atoms with Gasteiger partial charge in [-0.3, -0.25) is 0 Å². The first-order valence-electron chi connectivity index (χ1n) is 5.46. The summed E-state index contributed by atoms with van der Waals surface area (Å²) in [5.74, 6) is -0.0490. The van der Waals surface area contributed by atoms with E-state index in [1.165, 1.54) is 0 Å². The highest BCUT2D eigenvalue weighted by molar-refractivity contribution is 5.68. The minimum atomic E-state index is -0.794. The van der Waals surface area contributed by atoms with Crippen molar-refractivity contribution in [2.24, 2.45) is 5.92 Å². The predicted molar refractivity (Wildman–Crippen MR) is 61.1 cm³/mol. The van der Waals surface area contributed by atoms with Crippen LogP contribution in [0.15, 0.2) is 0 Å². The Morgan fingerprint density at radius 2 is 1.88 bits per heavy atom. The maximum atomic E-state index is 11.4. The van der Waals surface area contributed by atoms with E-state index in [-0.39, 0.29) is 12.5 Å². The number of amides is 1. The van der Waals surface area contributed by atoms with Crippen LogP contribution in [-0.2, 0) is 4.74 Å². The highest BCUT2D eigenvalue weighted by Crippen LogP contribution is 2.09. The van der Waals surface area contributed by atoms with Crippen LogP contribution in [0, 0.1) is 5.92 Å². The zero-order valence-electron chi connectivity index (χ0n) is 10.7. The molecule has 16 heavy (non-hydrogen) atoms. The van der Waals surface area contributed by atoms with Gasteiger partial charge in [-0.05, 0) is 26.7 Å². The molecular formula is C11H23NO4. The Morgan fingerprint density at radius 3 is 2.19 bits per heavy atom. The second-order valence-corrected chi connectivity index (χ2v) is 5.17. The van der Waals surface area contributed by atoms with Crippen LogP contribution < -0.4 is 5.32 Å². The zero-order valence-corrected chi connectivity index (χ0v) is 10.7. The average Bonchev–Trinajstić information content (AvgIpc) is 2.09. The normalized spacial score (nSPS) is 15.8. The monoisotopic (exact) mass is 233 g/mol. The Morgan fingerprint density at radius 1 is 1.38 bits per heavy atom. The SMILES string of the molecule is CC(C)[C@H](O)[C@H](CO)NC(=O)OC(C)(C)C. The quantitative estimate of drug-likeness (QED) is 0.673. The van der Waals surface area contributed by atoms with Crippen LogP contribution in [0.3, 0.4) is 0 Å². The number of alkyl carbamates (subject to hydrolysis) is 1. The van der Waals surface area contributed by atoms with Crippen LogP contribution in [0.4, 0.5) is 4.79 Å². The molecule has 0 heterocycles. The molecular weight excluding hydrogens is 210 g/mol. The molecule has 5 nitrogen and oxygen atoms in total. The standard InChI is InChI=1S/C11H23NO4/c1-7(2)9(14)8(6-13)12-10(15)16-11(3,4)5/h7-9,13-14H,6H2,1-5H3,(H,12,15)/t8-,9-/m0/s1. The second kappa shape index (κ2) is 6.06. The Bertz CT molecular complexity index is 223. The third-order valence-electron chi connectivity index (χ3n) is 1.99. The van der Waals surface area contributed by atoms with Crippen molar-refractivity contribution in [3.63, 3.8) is 0 Å². The number of rotatable bonds is 4. The molecule has 0 rings (SSSR count). The lowest BCUT2D eigenvalue weighted by atomic mass is 10.0. The summed E-state index contributed by atoms with van der Waals surface area (Å²) in [5.41, 5.74) is -0.590. The molecule has 0 aliphatic heterocycles. The van der Waals surface area contributed by atoms with E-state index in [9.17, 15) is 9.90 Å². The van der Waals surface area contributed by atoms with Gasteiger partial charge >= 0.3 is 6.09 Å². The van der Waals surface area contributed by atoms with Gasteiger partial charge in [0.25, 0.3) is 0 Å². The molecule has 0 fully saturated rings. The highest BCUT2D eigenvalue weighted by atomic mass is 16.6. The highest BCUT2D eigenvalue weighted by Gasteiger charge is 2.25. The van der Waals surface area contributed by atoms with Crippen LogP contribution in [-0.4, -0.2) is 40.7 Å². The minimum absolute atomic E-state index is 0.0490. The fourth-order valence-corrected chi connectivity index (χ4v) is 1.16. The number of carbonyl (C=O) groups excluding carboxylic acids is 1. The van der Waals surface area contributed by atoms with Gasteiger partial charge in [0.1, 0.15) is 5.60 Å². The molecule has 0 saturated carbocycles. The first kappa shape index (κ1) is 15.2. The van der Waals surface area contributed by atoms with Crippen molar-refractivity contribution >= 4 is 6.09 Å². The average molecular weight is 233 g/mol. The molecule has 0 aromatic carbocycles. The zero-order chi connectivity index (χ0) is 12.9. The summed E-state index contributed by atoms with van der Waals surface area (Å²) in [6.07, 6.45) is -1.43. The van der Waals surface area contributed by atoms with Gasteiger partial charge in [-0.15, -0.1) is 0 Å². The molecule has 0 spiro atoms. The Hall–Kier alpha value is -0.810. The minimum Gasteiger partial charge on any atom is -0.444 e. The molecule has 5 heteroatoms. The van der Waals surface area contributed by atoms with Gasteiger partial charge in [0.2, 0.25) is 0 Å². The van der Waals surface area contributed by atoms with E-state index in [0.29, 0.717) is 0 Å². The molecule has 96 valence electrons. The molecule has 3 N–H and O–H groups in total. The van der Waals surface area contributed by atoms with Crippen molar-refractivity contribution in [3.05, 3.63) is 0 Å². The molecule has 0 unspecified atom stereocenters. The summed E-state index contributed by atoms with van der Waals surface area (Å²) < 4.78 is 5.03. The van der Waals surface area contributed by atoms with Crippen LogP contribution >= 0.6 is 0 Å². The number of carbonyl (C=O) groups is 1. The third kappa shape index (κ3) is 5.92. The van der Waals surface area contributed by atoms with E-state index in [0.717, 1.165) is 0 Å². The van der Waals surface area contributed by atoms with Crippen molar-refractivity contribution in [2.75, 3.05) is 6.61 Å². The lowest BCUT2D eigenvalue weighted by Crippen LogP contribution is -2.49. The number of aliphatic hydroxyl groups excluding tert-OH is 2. The second-order valence-electron chi connectivity index (χ2n) is 5.17. The summed E-state index contributed by atoms with van der Waals surface area (Å²) in [5, 5.41) is 21.2. The van der Waals surface area contributed by atoms with E-state index in [1.807, 2.05) is 13.8 Å². The van der Waals surface area contributed by atoms with E-state index < -0.39 is 23.8 Å². The predicted octanol–water partition coefficient (Wildman–Crippen LogP) is 0.889. The Kier molecular flexibility index (Phi) is 5.75. The molecule has 0 aromatic heterocycles. The lowest BCUT2D eigenvalue weighted by Gasteiger charge is -2.27. The van der Waals surface area contributed by atoms with E-state index in [2.05, 4.69) is 5.32 Å². The van der Waals surface area contributed by atoms with Crippen molar-refractivity contribution in [1.82, 2.24) is 5.32 Å². The first-order valence-corrected chi connectivity index (χ1v) is 5.46. The van der Waals surface area contributed by atoms with Crippen LogP contribution in [0.1, 0.15) is 34.6 Å². The molecule has 0 bridgehead atoms. The topological polar surface area (TPSA) is 78.8 Å². The Balaban J connectivity index is 4.28. The number of hydrogen-bond donors (Lipinski definition) is 3. The summed E-state index contributed by atoms with van der Waals surface area (Å²) in [4.78, 5) is 11.4. The van der Waals surface area contributed by atoms with Crippen molar-refractivity contribution < 1.29 is 19.7 Å². The smallest absolute Gasteiger partial charge is 0.408 e. The van der Waals surface area contributed by atoms with Crippen LogP contribution in [0.25, 0.3) is 0 Å². The van der Waals surface area contributed by atoms with Crippen molar-refractivity contribution in [3.8, 4) is 0 Å². The van der Waals surface area contributed by atoms with Gasteiger partial charge < -0.3 is 20.3 Å². The van der Waals surface area contributed by atoms with Crippen molar-refractivity contribution in [2.45, 2.75) is 52.4 Å². The van der Waals surface area contributed by atoms with Crippen molar-refractivity contribution in [1.29, 1.82) is 0 Å². The van der Waals surface area contributed by atoms with Gasteiger partial charge in [-0.1, -0.05) is 13.8 Å². The molecule has 2 atom stereocenters. The largest absolute Gasteiger partial charge is 0.444 e. The molecule has 1 amide bonds. The maximum Gasteiger partial charge on any atom is 0.408 e. The van der Waals surface area contributed by atoms with E-state index in [1.54, 1.807) is 20.8 Å². The van der Waals surface area contributed by atoms with E-state index in [4.69, 9.17) is 9.84 Å². The van der Waals surface area contributed by atoms with Crippen LogP contribution in [0.5, 0.6) is 0 Å².